The van der Waals surface area contributed by atoms with Crippen molar-refractivity contribution in [3.05, 3.63) is 63.5 Å². The van der Waals surface area contributed by atoms with E-state index in [-0.39, 0.29) is 16.3 Å². The van der Waals surface area contributed by atoms with Gasteiger partial charge in [0.25, 0.3) is 5.91 Å². The Labute approximate surface area is 160 Å². The molecule has 0 fully saturated rings. The van der Waals surface area contributed by atoms with Crippen LogP contribution in [0, 0.1) is 0 Å². The van der Waals surface area contributed by atoms with Crippen molar-refractivity contribution in [3.8, 4) is 10.4 Å². The van der Waals surface area contributed by atoms with Gasteiger partial charge in [-0.2, -0.15) is 0 Å². The second kappa shape index (κ2) is 6.60. The van der Waals surface area contributed by atoms with Crippen LogP contribution < -0.4 is 5.32 Å². The number of carbonyl (C=O) groups excluding carboxylic acids is 1. The summed E-state index contributed by atoms with van der Waals surface area (Å²) in [7, 11) is 0. The minimum Gasteiger partial charge on any atom is -0.478 e. The van der Waals surface area contributed by atoms with Gasteiger partial charge in [-0.25, -0.2) is 4.79 Å². The Balaban J connectivity index is 1.68. The van der Waals surface area contributed by atoms with Gasteiger partial charge >= 0.3 is 5.97 Å². The summed E-state index contributed by atoms with van der Waals surface area (Å²) < 4.78 is 6.09. The van der Waals surface area contributed by atoms with Crippen LogP contribution in [0.3, 0.4) is 0 Å². The number of rotatable bonds is 4. The molecule has 0 atom stereocenters. The lowest BCUT2D eigenvalue weighted by Gasteiger charge is -2.03. The highest BCUT2D eigenvalue weighted by Gasteiger charge is 2.23. The smallest absolute Gasteiger partial charge is 0.339 e. The molecule has 0 saturated heterocycles. The van der Waals surface area contributed by atoms with Crippen molar-refractivity contribution in [2.24, 2.45) is 0 Å². The molecule has 0 saturated carbocycles. The first kappa shape index (κ1) is 16.8. The van der Waals surface area contributed by atoms with E-state index in [0.29, 0.717) is 15.5 Å². The molecule has 2 N–H and O–H groups in total. The van der Waals surface area contributed by atoms with Crippen LogP contribution in [0.4, 0.5) is 5.00 Å². The number of carboxylic acid groups (broad SMARTS) is 1. The molecule has 4 aromatic rings. The lowest BCUT2D eigenvalue weighted by atomic mass is 10.1. The van der Waals surface area contributed by atoms with E-state index in [4.69, 9.17) is 16.0 Å². The number of carbonyl (C=O) groups is 2. The summed E-state index contributed by atoms with van der Waals surface area (Å²) in [6.45, 7) is 0. The largest absolute Gasteiger partial charge is 0.478 e. The van der Waals surface area contributed by atoms with E-state index in [1.54, 1.807) is 29.6 Å². The average Bonchev–Trinajstić information content (AvgIpc) is 3.31. The van der Waals surface area contributed by atoms with E-state index < -0.39 is 11.9 Å². The van der Waals surface area contributed by atoms with Crippen molar-refractivity contribution in [1.82, 2.24) is 0 Å². The average molecular weight is 404 g/mol. The summed E-state index contributed by atoms with van der Waals surface area (Å²) in [5, 5.41) is 15.0. The maximum absolute atomic E-state index is 12.5. The third-order valence-corrected chi connectivity index (χ3v) is 5.88. The molecule has 1 aromatic carbocycles. The molecular weight excluding hydrogens is 394 g/mol. The fourth-order valence-electron chi connectivity index (χ4n) is 2.56. The number of thiophene rings is 2. The van der Waals surface area contributed by atoms with E-state index in [1.165, 1.54) is 11.3 Å². The Morgan fingerprint density at radius 2 is 1.96 bits per heavy atom. The van der Waals surface area contributed by atoms with E-state index in [9.17, 15) is 14.7 Å². The molecule has 8 heteroatoms. The highest BCUT2D eigenvalue weighted by Crippen LogP contribution is 2.40. The van der Waals surface area contributed by atoms with E-state index in [0.717, 1.165) is 21.6 Å². The van der Waals surface area contributed by atoms with Crippen molar-refractivity contribution < 1.29 is 19.1 Å². The monoisotopic (exact) mass is 403 g/mol. The number of fused-ring (bicyclic) bond motifs is 1. The number of benzene rings is 1. The van der Waals surface area contributed by atoms with Gasteiger partial charge in [0.2, 0.25) is 0 Å². The van der Waals surface area contributed by atoms with Crippen LogP contribution >= 0.6 is 34.3 Å². The summed E-state index contributed by atoms with van der Waals surface area (Å²) in [6, 6.07) is 12.3. The van der Waals surface area contributed by atoms with Crippen LogP contribution in [0.15, 0.2) is 52.3 Å². The highest BCUT2D eigenvalue weighted by molar-refractivity contribution is 7.20. The second-order valence-corrected chi connectivity index (χ2v) is 7.96. The van der Waals surface area contributed by atoms with Gasteiger partial charge in [0.05, 0.1) is 4.34 Å². The van der Waals surface area contributed by atoms with Crippen molar-refractivity contribution >= 4 is 62.1 Å². The first-order chi connectivity index (χ1) is 12.5. The predicted molar refractivity (Wildman–Crippen MR) is 104 cm³/mol. The van der Waals surface area contributed by atoms with E-state index >= 15 is 0 Å². The van der Waals surface area contributed by atoms with Gasteiger partial charge in [-0.1, -0.05) is 29.8 Å². The summed E-state index contributed by atoms with van der Waals surface area (Å²) in [5.41, 5.74) is 1.16. The zero-order valence-electron chi connectivity index (χ0n) is 13.0. The number of anilines is 1. The number of amides is 1. The van der Waals surface area contributed by atoms with Crippen LogP contribution in [0.1, 0.15) is 20.9 Å². The van der Waals surface area contributed by atoms with Crippen LogP contribution in [0.2, 0.25) is 4.34 Å². The Hall–Kier alpha value is -2.61. The molecule has 1 amide bonds. The normalized spacial score (nSPS) is 11.0. The second-order valence-electron chi connectivity index (χ2n) is 5.37. The van der Waals surface area contributed by atoms with Gasteiger partial charge in [0, 0.05) is 21.2 Å². The quantitative estimate of drug-likeness (QED) is 0.449. The maximum Gasteiger partial charge on any atom is 0.339 e. The predicted octanol–water partition coefficient (Wildman–Crippen LogP) is 5.83. The molecule has 4 rings (SSSR count). The fraction of sp³-hybridized carbons (Fsp3) is 0. The van der Waals surface area contributed by atoms with Crippen molar-refractivity contribution in [2.75, 3.05) is 5.32 Å². The van der Waals surface area contributed by atoms with E-state index in [2.05, 4.69) is 5.32 Å². The molecule has 0 radical (unpaired) electrons. The minimum atomic E-state index is -1.12. The molecule has 0 unspecified atom stereocenters. The van der Waals surface area contributed by atoms with Gasteiger partial charge in [-0.15, -0.1) is 22.7 Å². The maximum atomic E-state index is 12.5. The number of hydrogen-bond acceptors (Lipinski definition) is 5. The van der Waals surface area contributed by atoms with E-state index in [1.807, 2.05) is 18.2 Å². The van der Waals surface area contributed by atoms with Gasteiger partial charge in [0.15, 0.2) is 5.76 Å². The number of furan rings is 1. The summed E-state index contributed by atoms with van der Waals surface area (Å²) >= 11 is 8.37. The number of hydrogen-bond donors (Lipinski definition) is 2. The molecule has 5 nitrogen and oxygen atoms in total. The molecule has 3 heterocycles. The van der Waals surface area contributed by atoms with Crippen molar-refractivity contribution in [1.29, 1.82) is 0 Å². The number of nitrogens with one attached hydrogen (secondary N) is 1. The molecule has 26 heavy (non-hydrogen) atoms. The van der Waals surface area contributed by atoms with Gasteiger partial charge in [-0.3, -0.25) is 4.79 Å². The van der Waals surface area contributed by atoms with Gasteiger partial charge in [-0.05, 0) is 24.3 Å². The van der Waals surface area contributed by atoms with Crippen molar-refractivity contribution in [2.45, 2.75) is 0 Å². The van der Waals surface area contributed by atoms with Gasteiger partial charge < -0.3 is 14.8 Å². The zero-order chi connectivity index (χ0) is 18.3. The highest BCUT2D eigenvalue weighted by atomic mass is 35.5. The minimum absolute atomic E-state index is 0.0398. The summed E-state index contributed by atoms with van der Waals surface area (Å²) in [4.78, 5) is 25.0. The number of aromatic carboxylic acids is 1. The molecule has 0 spiro atoms. The third-order valence-electron chi connectivity index (χ3n) is 3.72. The summed E-state index contributed by atoms with van der Waals surface area (Å²) in [6.07, 6.45) is 0. The molecule has 3 aromatic heterocycles. The molecule has 0 aliphatic carbocycles. The Bertz CT molecular complexity index is 1110. The van der Waals surface area contributed by atoms with Crippen molar-refractivity contribution in [3.63, 3.8) is 0 Å². The van der Waals surface area contributed by atoms with Crippen LogP contribution in [0.5, 0.6) is 0 Å². The lowest BCUT2D eigenvalue weighted by molar-refractivity contribution is 0.0699. The number of halogens is 1. The SMILES string of the molecule is O=C(Nc1scc(-c2ccc(Cl)s2)c1C(=O)O)c1cc2ccccc2o1. The van der Waals surface area contributed by atoms with Crippen LogP contribution in [-0.2, 0) is 0 Å². The summed E-state index contributed by atoms with van der Waals surface area (Å²) in [5.74, 6) is -1.50. The van der Waals surface area contributed by atoms with Crippen LogP contribution in [-0.4, -0.2) is 17.0 Å². The van der Waals surface area contributed by atoms with Gasteiger partial charge in [0.1, 0.15) is 16.1 Å². The van der Waals surface area contributed by atoms with Crippen LogP contribution in [0.25, 0.3) is 21.4 Å². The zero-order valence-corrected chi connectivity index (χ0v) is 15.4. The topological polar surface area (TPSA) is 79.5 Å². The fourth-order valence-corrected chi connectivity index (χ4v) is 4.65. The molecule has 0 aliphatic rings. The molecule has 0 bridgehead atoms. The standard InChI is InChI=1S/C18H10ClNO4S2/c19-14-6-5-13(26-14)10-8-25-17(15(10)18(22)23)20-16(21)12-7-9-3-1-2-4-11(9)24-12/h1-8H,(H,20,21)(H,22,23). The number of carboxylic acids is 1. The Kier molecular flexibility index (Phi) is 4.28. The lowest BCUT2D eigenvalue weighted by Crippen LogP contribution is -2.12. The Morgan fingerprint density at radius 1 is 1.15 bits per heavy atom. The molecule has 0 aliphatic heterocycles. The Morgan fingerprint density at radius 3 is 2.65 bits per heavy atom. The third kappa shape index (κ3) is 3.01. The molecule has 130 valence electrons. The number of para-hydroxylation sites is 1. The molecular formula is C18H10ClNO4S2. The first-order valence-electron chi connectivity index (χ1n) is 7.43. The first-order valence-corrected chi connectivity index (χ1v) is 9.51.